The monoisotopic (exact) mass is 226 g/mol. The van der Waals surface area contributed by atoms with Crippen LogP contribution in [0.3, 0.4) is 0 Å². The maximum absolute atomic E-state index is 11.3. The number of benzene rings is 1. The molecule has 1 aliphatic rings. The van der Waals surface area contributed by atoms with Gasteiger partial charge in [-0.25, -0.2) is 4.79 Å². The molecule has 0 aliphatic carbocycles. The third-order valence-electron chi connectivity index (χ3n) is 2.21. The highest BCUT2D eigenvalue weighted by Gasteiger charge is 2.47. The van der Waals surface area contributed by atoms with E-state index in [9.17, 15) is 4.79 Å². The highest BCUT2D eigenvalue weighted by Crippen LogP contribution is 2.39. The SMILES string of the molecule is CCOC(=O)[C@@H]1O[C@@H]1c1ccc(Cl)cc1. The first kappa shape index (κ1) is 10.5. The lowest BCUT2D eigenvalue weighted by Gasteiger charge is -1.97. The molecule has 0 spiro atoms. The topological polar surface area (TPSA) is 38.8 Å². The van der Waals surface area contributed by atoms with Crippen molar-refractivity contribution in [2.75, 3.05) is 6.61 Å². The Labute approximate surface area is 92.9 Å². The van der Waals surface area contributed by atoms with E-state index in [4.69, 9.17) is 21.1 Å². The summed E-state index contributed by atoms with van der Waals surface area (Å²) in [7, 11) is 0. The number of carbonyl (C=O) groups is 1. The normalized spacial score (nSPS) is 23.6. The second kappa shape index (κ2) is 4.21. The standard InChI is InChI=1S/C11H11ClO3/c1-2-14-11(13)10-9(15-10)7-3-5-8(12)6-4-7/h3-6,9-10H,2H2,1H3/t9-,10-/m1/s1. The van der Waals surface area contributed by atoms with E-state index < -0.39 is 6.10 Å². The summed E-state index contributed by atoms with van der Waals surface area (Å²) in [6, 6.07) is 7.26. The van der Waals surface area contributed by atoms with Crippen molar-refractivity contribution in [3.05, 3.63) is 34.9 Å². The van der Waals surface area contributed by atoms with E-state index in [1.54, 1.807) is 19.1 Å². The molecule has 0 radical (unpaired) electrons. The van der Waals surface area contributed by atoms with Crippen LogP contribution in [0.4, 0.5) is 0 Å². The zero-order chi connectivity index (χ0) is 10.8. The molecule has 0 aromatic heterocycles. The third-order valence-corrected chi connectivity index (χ3v) is 2.46. The largest absolute Gasteiger partial charge is 0.464 e. The van der Waals surface area contributed by atoms with Crippen LogP contribution in [0.2, 0.25) is 5.02 Å². The van der Waals surface area contributed by atoms with Crippen LogP contribution >= 0.6 is 11.6 Å². The minimum absolute atomic E-state index is 0.165. The molecule has 0 N–H and O–H groups in total. The van der Waals surface area contributed by atoms with Crippen molar-refractivity contribution in [1.29, 1.82) is 0 Å². The fourth-order valence-electron chi connectivity index (χ4n) is 1.42. The Morgan fingerprint density at radius 3 is 2.73 bits per heavy atom. The van der Waals surface area contributed by atoms with Gasteiger partial charge < -0.3 is 9.47 Å². The van der Waals surface area contributed by atoms with Crippen molar-refractivity contribution < 1.29 is 14.3 Å². The Bertz CT molecular complexity index is 361. The Morgan fingerprint density at radius 1 is 1.47 bits per heavy atom. The molecule has 1 aliphatic heterocycles. The van der Waals surface area contributed by atoms with Crippen molar-refractivity contribution in [2.45, 2.75) is 19.1 Å². The van der Waals surface area contributed by atoms with Crippen LogP contribution in [0.5, 0.6) is 0 Å². The summed E-state index contributed by atoms with van der Waals surface area (Å²) in [5, 5.41) is 0.673. The molecule has 2 rings (SSSR count). The third kappa shape index (κ3) is 2.30. The number of hydrogen-bond donors (Lipinski definition) is 0. The van der Waals surface area contributed by atoms with Gasteiger partial charge in [0.1, 0.15) is 6.10 Å². The average Bonchev–Trinajstić information content (AvgIpc) is 2.99. The Kier molecular flexibility index (Phi) is 2.93. The van der Waals surface area contributed by atoms with Gasteiger partial charge in [0.05, 0.1) is 6.61 Å². The van der Waals surface area contributed by atoms with Gasteiger partial charge in [-0.05, 0) is 24.6 Å². The first-order chi connectivity index (χ1) is 7.22. The van der Waals surface area contributed by atoms with E-state index in [0.29, 0.717) is 11.6 Å². The summed E-state index contributed by atoms with van der Waals surface area (Å²) in [5.41, 5.74) is 0.956. The fourth-order valence-corrected chi connectivity index (χ4v) is 1.55. The van der Waals surface area contributed by atoms with Crippen LogP contribution < -0.4 is 0 Å². The van der Waals surface area contributed by atoms with Crippen LogP contribution in [-0.4, -0.2) is 18.7 Å². The van der Waals surface area contributed by atoms with Gasteiger partial charge in [-0.1, -0.05) is 23.7 Å². The number of epoxide rings is 1. The summed E-state index contributed by atoms with van der Waals surface area (Å²) in [6.45, 7) is 2.16. The van der Waals surface area contributed by atoms with E-state index >= 15 is 0 Å². The molecule has 1 heterocycles. The van der Waals surface area contributed by atoms with E-state index in [-0.39, 0.29) is 12.1 Å². The molecule has 1 aromatic rings. The molecule has 1 saturated heterocycles. The smallest absolute Gasteiger partial charge is 0.338 e. The van der Waals surface area contributed by atoms with E-state index in [1.807, 2.05) is 12.1 Å². The number of rotatable bonds is 3. The maximum atomic E-state index is 11.3. The molecule has 80 valence electrons. The van der Waals surface area contributed by atoms with Crippen molar-refractivity contribution in [3.63, 3.8) is 0 Å². The maximum Gasteiger partial charge on any atom is 0.338 e. The molecular weight excluding hydrogens is 216 g/mol. The number of halogens is 1. The highest BCUT2D eigenvalue weighted by molar-refractivity contribution is 6.30. The second-order valence-electron chi connectivity index (χ2n) is 3.28. The molecule has 1 aromatic carbocycles. The molecule has 0 saturated carbocycles. The molecule has 4 heteroatoms. The number of esters is 1. The van der Waals surface area contributed by atoms with Crippen LogP contribution in [0, 0.1) is 0 Å². The number of carbonyl (C=O) groups excluding carboxylic acids is 1. The Balaban J connectivity index is 1.98. The quantitative estimate of drug-likeness (QED) is 0.587. The summed E-state index contributed by atoms with van der Waals surface area (Å²) < 4.78 is 10.1. The minimum atomic E-state index is -0.439. The van der Waals surface area contributed by atoms with Crippen molar-refractivity contribution in [3.8, 4) is 0 Å². The first-order valence-corrected chi connectivity index (χ1v) is 5.17. The van der Waals surface area contributed by atoms with Crippen molar-refractivity contribution >= 4 is 17.6 Å². The van der Waals surface area contributed by atoms with Gasteiger partial charge in [0.15, 0.2) is 6.10 Å². The zero-order valence-electron chi connectivity index (χ0n) is 8.27. The van der Waals surface area contributed by atoms with Gasteiger partial charge in [-0.15, -0.1) is 0 Å². The van der Waals surface area contributed by atoms with Crippen LogP contribution in [0.1, 0.15) is 18.6 Å². The lowest BCUT2D eigenvalue weighted by molar-refractivity contribution is -0.144. The van der Waals surface area contributed by atoms with Crippen molar-refractivity contribution in [1.82, 2.24) is 0 Å². The molecule has 3 nitrogen and oxygen atoms in total. The predicted octanol–water partition coefficient (Wildman–Crippen LogP) is 2.34. The average molecular weight is 227 g/mol. The van der Waals surface area contributed by atoms with E-state index in [2.05, 4.69) is 0 Å². The zero-order valence-corrected chi connectivity index (χ0v) is 9.03. The van der Waals surface area contributed by atoms with Crippen LogP contribution in [-0.2, 0) is 14.3 Å². The fraction of sp³-hybridized carbons (Fsp3) is 0.364. The predicted molar refractivity (Wildman–Crippen MR) is 55.7 cm³/mol. The minimum Gasteiger partial charge on any atom is -0.464 e. The van der Waals surface area contributed by atoms with Gasteiger partial charge in [-0.2, -0.15) is 0 Å². The molecule has 15 heavy (non-hydrogen) atoms. The van der Waals surface area contributed by atoms with Gasteiger partial charge >= 0.3 is 5.97 Å². The van der Waals surface area contributed by atoms with E-state index in [0.717, 1.165) is 5.56 Å². The van der Waals surface area contributed by atoms with Crippen LogP contribution in [0.25, 0.3) is 0 Å². The molecular formula is C11H11ClO3. The van der Waals surface area contributed by atoms with Gasteiger partial charge in [-0.3, -0.25) is 0 Å². The van der Waals surface area contributed by atoms with Crippen LogP contribution in [0.15, 0.2) is 24.3 Å². The van der Waals surface area contributed by atoms with Gasteiger partial charge in [0.2, 0.25) is 0 Å². The Morgan fingerprint density at radius 2 is 2.13 bits per heavy atom. The first-order valence-electron chi connectivity index (χ1n) is 4.80. The number of hydrogen-bond acceptors (Lipinski definition) is 3. The lowest BCUT2D eigenvalue weighted by Crippen LogP contribution is -2.11. The van der Waals surface area contributed by atoms with Crippen molar-refractivity contribution in [2.24, 2.45) is 0 Å². The van der Waals surface area contributed by atoms with Gasteiger partial charge in [0, 0.05) is 5.02 Å². The molecule has 0 unspecified atom stereocenters. The molecule has 0 bridgehead atoms. The highest BCUT2D eigenvalue weighted by atomic mass is 35.5. The Hall–Kier alpha value is -1.06. The van der Waals surface area contributed by atoms with E-state index in [1.165, 1.54) is 0 Å². The van der Waals surface area contributed by atoms with Gasteiger partial charge in [0.25, 0.3) is 0 Å². The lowest BCUT2D eigenvalue weighted by atomic mass is 10.1. The number of ether oxygens (including phenoxy) is 2. The summed E-state index contributed by atoms with van der Waals surface area (Å²) >= 11 is 5.75. The molecule has 0 amide bonds. The summed E-state index contributed by atoms with van der Waals surface area (Å²) in [4.78, 5) is 11.3. The molecule has 2 atom stereocenters. The summed E-state index contributed by atoms with van der Waals surface area (Å²) in [6.07, 6.45) is -0.604. The summed E-state index contributed by atoms with van der Waals surface area (Å²) in [5.74, 6) is -0.294. The molecule has 1 fully saturated rings. The second-order valence-corrected chi connectivity index (χ2v) is 3.72.